The molecule has 0 aliphatic carbocycles. The molecule has 3 nitrogen and oxygen atoms in total. The average Bonchev–Trinajstić information content (AvgIpc) is 1.84. The number of aliphatic hydroxyl groups excluding tert-OH is 1. The molecule has 2 N–H and O–H groups in total. The smallest absolute Gasteiger partial charge is 0.0856 e. The van der Waals surface area contributed by atoms with Gasteiger partial charge >= 0.3 is 0 Å². The molecule has 0 radical (unpaired) electrons. The van der Waals surface area contributed by atoms with Crippen molar-refractivity contribution in [3.05, 3.63) is 0 Å². The molecule has 0 rings (SSSR count). The van der Waals surface area contributed by atoms with Crippen molar-refractivity contribution in [1.29, 1.82) is 0 Å². The normalized spacial score (nSPS) is 13.5. The lowest BCUT2D eigenvalue weighted by molar-refractivity contribution is -0.0717. The van der Waals surface area contributed by atoms with Crippen molar-refractivity contribution in [1.82, 2.24) is 0 Å². The van der Waals surface area contributed by atoms with Crippen LogP contribution in [-0.4, -0.2) is 34.6 Å². The molecule has 0 bridgehead atoms. The third-order valence-electron chi connectivity index (χ3n) is 1.59. The molecule has 0 saturated heterocycles. The Morgan fingerprint density at radius 2 is 1.67 bits per heavy atom. The summed E-state index contributed by atoms with van der Waals surface area (Å²) in [6.45, 7) is 7.58. The first-order valence-corrected chi connectivity index (χ1v) is 4.24. The molecule has 0 atom stereocenters. The topological polar surface area (TPSA) is 49.7 Å². The van der Waals surface area contributed by atoms with Gasteiger partial charge in [0.05, 0.1) is 24.4 Å². The standard InChI is InChI=1S/C9H20O3/c1-8(2,11)5-6-12-9(3,4)7-10/h10-11H,5-7H2,1-4H3. The Kier molecular flexibility index (Phi) is 4.17. The van der Waals surface area contributed by atoms with Crippen molar-refractivity contribution in [2.45, 2.75) is 45.3 Å². The van der Waals surface area contributed by atoms with E-state index in [1.54, 1.807) is 13.8 Å². The Labute approximate surface area is 74.4 Å². The van der Waals surface area contributed by atoms with E-state index in [9.17, 15) is 5.11 Å². The van der Waals surface area contributed by atoms with Gasteiger partial charge in [0.1, 0.15) is 0 Å². The van der Waals surface area contributed by atoms with Crippen molar-refractivity contribution in [3.8, 4) is 0 Å². The van der Waals surface area contributed by atoms with E-state index in [4.69, 9.17) is 9.84 Å². The number of aliphatic hydroxyl groups is 2. The Bertz CT molecular complexity index is 124. The van der Waals surface area contributed by atoms with E-state index in [-0.39, 0.29) is 6.61 Å². The lowest BCUT2D eigenvalue weighted by Crippen LogP contribution is -2.31. The lowest BCUT2D eigenvalue weighted by atomic mass is 10.1. The molecule has 0 aliphatic rings. The fraction of sp³-hybridized carbons (Fsp3) is 1.00. The second-order valence-corrected chi connectivity index (χ2v) is 4.33. The number of hydrogen-bond acceptors (Lipinski definition) is 3. The summed E-state index contributed by atoms with van der Waals surface area (Å²) in [7, 11) is 0. The van der Waals surface area contributed by atoms with Gasteiger partial charge in [-0.25, -0.2) is 0 Å². The largest absolute Gasteiger partial charge is 0.393 e. The maximum Gasteiger partial charge on any atom is 0.0856 e. The zero-order chi connectivity index (χ0) is 9.83. The van der Waals surface area contributed by atoms with Crippen LogP contribution in [0.15, 0.2) is 0 Å². The number of rotatable bonds is 5. The monoisotopic (exact) mass is 176 g/mol. The molecule has 0 saturated carbocycles. The predicted molar refractivity (Wildman–Crippen MR) is 48.0 cm³/mol. The molecule has 0 fully saturated rings. The van der Waals surface area contributed by atoms with Crippen LogP contribution in [0.25, 0.3) is 0 Å². The number of ether oxygens (including phenoxy) is 1. The molecule has 0 unspecified atom stereocenters. The summed E-state index contributed by atoms with van der Waals surface area (Å²) >= 11 is 0. The lowest BCUT2D eigenvalue weighted by Gasteiger charge is -2.25. The van der Waals surface area contributed by atoms with E-state index in [2.05, 4.69) is 0 Å². The highest BCUT2D eigenvalue weighted by molar-refractivity contribution is 4.69. The van der Waals surface area contributed by atoms with Crippen LogP contribution < -0.4 is 0 Å². The fourth-order valence-corrected chi connectivity index (χ4v) is 0.623. The van der Waals surface area contributed by atoms with E-state index in [1.165, 1.54) is 0 Å². The summed E-state index contributed by atoms with van der Waals surface area (Å²) in [5.74, 6) is 0. The average molecular weight is 176 g/mol. The first kappa shape index (κ1) is 11.9. The third kappa shape index (κ3) is 6.58. The maximum atomic E-state index is 9.34. The molecule has 74 valence electrons. The van der Waals surface area contributed by atoms with Crippen LogP contribution in [0.5, 0.6) is 0 Å². The molecular formula is C9H20O3. The Balaban J connectivity index is 3.57. The van der Waals surface area contributed by atoms with Crippen LogP contribution in [-0.2, 0) is 4.74 Å². The molecule has 0 heterocycles. The SMILES string of the molecule is CC(C)(O)CCOC(C)(C)CO. The van der Waals surface area contributed by atoms with E-state index in [1.807, 2.05) is 13.8 Å². The summed E-state index contributed by atoms with van der Waals surface area (Å²) < 4.78 is 5.34. The minimum absolute atomic E-state index is 0.00113. The van der Waals surface area contributed by atoms with Gasteiger partial charge in [-0.15, -0.1) is 0 Å². The van der Waals surface area contributed by atoms with E-state index < -0.39 is 11.2 Å². The highest BCUT2D eigenvalue weighted by atomic mass is 16.5. The van der Waals surface area contributed by atoms with E-state index >= 15 is 0 Å². The Hall–Kier alpha value is -0.120. The quantitative estimate of drug-likeness (QED) is 0.655. The van der Waals surface area contributed by atoms with Gasteiger partial charge in [0, 0.05) is 0 Å². The molecule has 0 amide bonds. The van der Waals surface area contributed by atoms with Gasteiger partial charge in [0.15, 0.2) is 0 Å². The summed E-state index contributed by atoms with van der Waals surface area (Å²) in [5, 5.41) is 18.2. The molecule has 3 heteroatoms. The summed E-state index contributed by atoms with van der Waals surface area (Å²) in [6.07, 6.45) is 0.580. The van der Waals surface area contributed by atoms with E-state index in [0.29, 0.717) is 13.0 Å². The van der Waals surface area contributed by atoms with Gasteiger partial charge < -0.3 is 14.9 Å². The first-order chi connectivity index (χ1) is 5.27. The van der Waals surface area contributed by atoms with Crippen LogP contribution in [0.1, 0.15) is 34.1 Å². The van der Waals surface area contributed by atoms with Crippen molar-refractivity contribution in [3.63, 3.8) is 0 Å². The Morgan fingerprint density at radius 1 is 1.17 bits per heavy atom. The second kappa shape index (κ2) is 4.21. The molecule has 0 aromatic heterocycles. The van der Waals surface area contributed by atoms with Gasteiger partial charge in [0.25, 0.3) is 0 Å². The highest BCUT2D eigenvalue weighted by Crippen LogP contribution is 2.12. The van der Waals surface area contributed by atoms with Gasteiger partial charge in [-0.3, -0.25) is 0 Å². The van der Waals surface area contributed by atoms with Crippen molar-refractivity contribution in [2.24, 2.45) is 0 Å². The van der Waals surface area contributed by atoms with Gasteiger partial charge in [-0.1, -0.05) is 0 Å². The summed E-state index contributed by atoms with van der Waals surface area (Å²) in [6, 6.07) is 0. The maximum absolute atomic E-state index is 9.34. The van der Waals surface area contributed by atoms with Crippen molar-refractivity contribution >= 4 is 0 Å². The molecule has 0 aromatic rings. The molecule has 0 aliphatic heterocycles. The minimum Gasteiger partial charge on any atom is -0.393 e. The zero-order valence-electron chi connectivity index (χ0n) is 8.42. The summed E-state index contributed by atoms with van der Waals surface area (Å²) in [5.41, 5.74) is -1.18. The first-order valence-electron chi connectivity index (χ1n) is 4.24. The van der Waals surface area contributed by atoms with Crippen molar-refractivity contribution < 1.29 is 14.9 Å². The van der Waals surface area contributed by atoms with Crippen LogP contribution in [0.4, 0.5) is 0 Å². The molecule has 12 heavy (non-hydrogen) atoms. The van der Waals surface area contributed by atoms with Gasteiger partial charge in [-0.2, -0.15) is 0 Å². The summed E-state index contributed by atoms with van der Waals surface area (Å²) in [4.78, 5) is 0. The number of hydrogen-bond donors (Lipinski definition) is 2. The van der Waals surface area contributed by atoms with E-state index in [0.717, 1.165) is 0 Å². The second-order valence-electron chi connectivity index (χ2n) is 4.33. The van der Waals surface area contributed by atoms with Gasteiger partial charge in [0.2, 0.25) is 0 Å². The van der Waals surface area contributed by atoms with Crippen LogP contribution in [0.3, 0.4) is 0 Å². The Morgan fingerprint density at radius 3 is 2.00 bits per heavy atom. The minimum atomic E-state index is -0.689. The van der Waals surface area contributed by atoms with Crippen molar-refractivity contribution in [2.75, 3.05) is 13.2 Å². The van der Waals surface area contributed by atoms with Gasteiger partial charge in [-0.05, 0) is 34.1 Å². The highest BCUT2D eigenvalue weighted by Gasteiger charge is 2.19. The van der Waals surface area contributed by atoms with Crippen LogP contribution >= 0.6 is 0 Å². The predicted octanol–water partition coefficient (Wildman–Crippen LogP) is 0.935. The van der Waals surface area contributed by atoms with Crippen LogP contribution in [0, 0.1) is 0 Å². The third-order valence-corrected chi connectivity index (χ3v) is 1.59. The molecular weight excluding hydrogens is 156 g/mol. The molecule has 0 spiro atoms. The zero-order valence-corrected chi connectivity index (χ0v) is 8.42. The molecule has 0 aromatic carbocycles. The fourth-order valence-electron chi connectivity index (χ4n) is 0.623. The van der Waals surface area contributed by atoms with Crippen LogP contribution in [0.2, 0.25) is 0 Å².